The third kappa shape index (κ3) is 7.20. The minimum absolute atomic E-state index is 0.295. The molecular formula is C12H25NO2SSi2. The first-order valence-electron chi connectivity index (χ1n) is 6.13. The van der Waals surface area contributed by atoms with Crippen LogP contribution in [-0.4, -0.2) is 31.7 Å². The Bertz CT molecular complexity index is 329. The van der Waals surface area contributed by atoms with E-state index >= 15 is 0 Å². The third-order valence-electron chi connectivity index (χ3n) is 2.06. The molecule has 0 aromatic heterocycles. The summed E-state index contributed by atoms with van der Waals surface area (Å²) in [5, 5.41) is 0. The molecule has 0 aromatic carbocycles. The van der Waals surface area contributed by atoms with E-state index < -0.39 is 16.5 Å². The SMILES string of the molecule is CC(=S)CC=CC(=O)ON([Si](C)(C)C)[Si](C)(C)C. The second-order valence-corrected chi connectivity index (χ2v) is 17.0. The van der Waals surface area contributed by atoms with Gasteiger partial charge in [0, 0.05) is 6.08 Å². The molecule has 0 aliphatic heterocycles. The summed E-state index contributed by atoms with van der Waals surface area (Å²) in [5.41, 5.74) is 0. The van der Waals surface area contributed by atoms with E-state index in [1.54, 1.807) is 6.08 Å². The van der Waals surface area contributed by atoms with Crippen LogP contribution in [0.15, 0.2) is 12.2 Å². The van der Waals surface area contributed by atoms with Crippen molar-refractivity contribution in [3.05, 3.63) is 12.2 Å². The lowest BCUT2D eigenvalue weighted by atomic mass is 10.3. The third-order valence-corrected chi connectivity index (χ3v) is 8.87. The first-order chi connectivity index (χ1) is 7.94. The van der Waals surface area contributed by atoms with E-state index in [0.29, 0.717) is 6.42 Å². The summed E-state index contributed by atoms with van der Waals surface area (Å²) < 4.78 is 2.00. The van der Waals surface area contributed by atoms with Crippen LogP contribution in [0.2, 0.25) is 39.3 Å². The summed E-state index contributed by atoms with van der Waals surface area (Å²) in [6, 6.07) is 0. The van der Waals surface area contributed by atoms with Crippen LogP contribution in [-0.2, 0) is 9.63 Å². The second-order valence-electron chi connectivity index (χ2n) is 6.35. The lowest BCUT2D eigenvalue weighted by Gasteiger charge is -2.40. The Morgan fingerprint density at radius 1 is 1.17 bits per heavy atom. The van der Waals surface area contributed by atoms with E-state index in [1.165, 1.54) is 6.08 Å². The highest BCUT2D eigenvalue weighted by Crippen LogP contribution is 2.20. The van der Waals surface area contributed by atoms with E-state index in [4.69, 9.17) is 17.1 Å². The van der Waals surface area contributed by atoms with E-state index in [2.05, 4.69) is 39.3 Å². The lowest BCUT2D eigenvalue weighted by Crippen LogP contribution is -2.59. The molecule has 0 saturated carbocycles. The smallest absolute Gasteiger partial charge is 0.348 e. The van der Waals surface area contributed by atoms with Crippen LogP contribution in [0.4, 0.5) is 0 Å². The van der Waals surface area contributed by atoms with E-state index in [0.717, 1.165) is 4.86 Å². The number of carbonyl (C=O) groups excluding carboxylic acids is 1. The number of hydrogen-bond donors (Lipinski definition) is 0. The van der Waals surface area contributed by atoms with Gasteiger partial charge >= 0.3 is 5.97 Å². The summed E-state index contributed by atoms with van der Waals surface area (Å²) >= 11 is 4.95. The highest BCUT2D eigenvalue weighted by molar-refractivity contribution is 7.80. The van der Waals surface area contributed by atoms with Crippen molar-refractivity contribution in [2.24, 2.45) is 0 Å². The Labute approximate surface area is 118 Å². The molecule has 0 heterocycles. The molecule has 0 atom stereocenters. The monoisotopic (exact) mass is 303 g/mol. The van der Waals surface area contributed by atoms with Crippen molar-refractivity contribution in [1.29, 1.82) is 0 Å². The standard InChI is InChI=1S/C12H25NO2SSi2/c1-11(16)9-8-10-12(14)15-13(17(2,3)4)18(5,6)7/h8,10H,9H2,1-7H3. The van der Waals surface area contributed by atoms with Crippen LogP contribution < -0.4 is 0 Å². The maximum absolute atomic E-state index is 11.8. The Hall–Kier alpha value is -0.306. The van der Waals surface area contributed by atoms with Gasteiger partial charge < -0.3 is 4.84 Å². The first kappa shape index (κ1) is 17.7. The van der Waals surface area contributed by atoms with Gasteiger partial charge in [0.15, 0.2) is 16.5 Å². The van der Waals surface area contributed by atoms with Gasteiger partial charge in [0.05, 0.1) is 0 Å². The molecule has 0 spiro atoms. The minimum Gasteiger partial charge on any atom is -0.379 e. The molecular weight excluding hydrogens is 278 g/mol. The maximum Gasteiger partial charge on any atom is 0.348 e. The van der Waals surface area contributed by atoms with Crippen LogP contribution in [0.3, 0.4) is 0 Å². The Morgan fingerprint density at radius 3 is 1.94 bits per heavy atom. The van der Waals surface area contributed by atoms with E-state index in [9.17, 15) is 4.79 Å². The van der Waals surface area contributed by atoms with Crippen LogP contribution in [0.5, 0.6) is 0 Å². The average Bonchev–Trinajstić information content (AvgIpc) is 2.09. The molecule has 0 fully saturated rings. The van der Waals surface area contributed by atoms with Crippen LogP contribution in [0.1, 0.15) is 13.3 Å². The predicted molar refractivity (Wildman–Crippen MR) is 86.7 cm³/mol. The highest BCUT2D eigenvalue weighted by atomic mass is 32.1. The summed E-state index contributed by atoms with van der Waals surface area (Å²) in [6.07, 6.45) is 3.88. The Morgan fingerprint density at radius 2 is 1.61 bits per heavy atom. The van der Waals surface area contributed by atoms with Gasteiger partial charge in [-0.25, -0.2) is 4.79 Å². The molecule has 3 nitrogen and oxygen atoms in total. The van der Waals surface area contributed by atoms with Crippen molar-refractivity contribution in [2.75, 3.05) is 0 Å². The van der Waals surface area contributed by atoms with Crippen LogP contribution in [0.25, 0.3) is 0 Å². The molecule has 0 radical (unpaired) electrons. The van der Waals surface area contributed by atoms with Crippen molar-refractivity contribution in [3.8, 4) is 0 Å². The second kappa shape index (κ2) is 6.74. The van der Waals surface area contributed by atoms with Gasteiger partial charge in [-0.1, -0.05) is 57.6 Å². The number of allylic oxidation sites excluding steroid dienone is 1. The van der Waals surface area contributed by atoms with Gasteiger partial charge in [0.2, 0.25) is 0 Å². The lowest BCUT2D eigenvalue weighted by molar-refractivity contribution is -0.154. The molecule has 0 saturated heterocycles. The Balaban J connectivity index is 4.67. The van der Waals surface area contributed by atoms with Gasteiger partial charge in [-0.3, -0.25) is 0 Å². The van der Waals surface area contributed by atoms with Crippen LogP contribution >= 0.6 is 12.2 Å². The molecule has 0 unspecified atom stereocenters. The normalized spacial score (nSPS) is 13.1. The summed E-state index contributed by atoms with van der Waals surface area (Å²) in [4.78, 5) is 18.2. The molecule has 0 aromatic rings. The molecule has 0 aliphatic rings. The molecule has 6 heteroatoms. The quantitative estimate of drug-likeness (QED) is 0.323. The van der Waals surface area contributed by atoms with Crippen molar-refractivity contribution >= 4 is 39.5 Å². The first-order valence-corrected chi connectivity index (χ1v) is 13.4. The molecule has 0 N–H and O–H groups in total. The topological polar surface area (TPSA) is 29.5 Å². The number of hydrogen-bond acceptors (Lipinski definition) is 4. The number of rotatable bonds is 6. The average molecular weight is 304 g/mol. The Kier molecular flexibility index (Phi) is 6.63. The van der Waals surface area contributed by atoms with E-state index in [1.807, 2.05) is 11.3 Å². The number of carbonyl (C=O) groups is 1. The van der Waals surface area contributed by atoms with Gasteiger partial charge in [-0.2, -0.15) is 4.39 Å². The largest absolute Gasteiger partial charge is 0.379 e. The molecule has 0 amide bonds. The molecule has 0 bridgehead atoms. The number of thiocarbonyl (C=S) groups is 1. The summed E-state index contributed by atoms with van der Waals surface area (Å²) in [6.45, 7) is 15.0. The zero-order valence-electron chi connectivity index (χ0n) is 12.5. The number of nitrogens with zero attached hydrogens (tertiary/aromatic N) is 1. The van der Waals surface area contributed by atoms with Gasteiger partial charge in [-0.05, 0) is 18.2 Å². The molecule has 0 aliphatic carbocycles. The van der Waals surface area contributed by atoms with Crippen LogP contribution in [0, 0.1) is 0 Å². The van der Waals surface area contributed by atoms with Crippen molar-refractivity contribution in [3.63, 3.8) is 0 Å². The summed E-state index contributed by atoms with van der Waals surface area (Å²) in [7, 11) is -3.31. The minimum atomic E-state index is -1.65. The summed E-state index contributed by atoms with van der Waals surface area (Å²) in [5.74, 6) is -0.295. The highest BCUT2D eigenvalue weighted by Gasteiger charge is 2.37. The van der Waals surface area contributed by atoms with E-state index in [-0.39, 0.29) is 5.97 Å². The molecule has 18 heavy (non-hydrogen) atoms. The van der Waals surface area contributed by atoms with Gasteiger partial charge in [0.1, 0.15) is 0 Å². The zero-order chi connectivity index (χ0) is 14.6. The fourth-order valence-corrected chi connectivity index (χ4v) is 10.6. The fraction of sp³-hybridized carbons (Fsp3) is 0.667. The van der Waals surface area contributed by atoms with Gasteiger partial charge in [0.25, 0.3) is 0 Å². The van der Waals surface area contributed by atoms with Gasteiger partial charge in [-0.15, -0.1) is 0 Å². The molecule has 0 rings (SSSR count). The maximum atomic E-state index is 11.8. The molecule has 104 valence electrons. The fourth-order valence-electron chi connectivity index (χ4n) is 1.72. The zero-order valence-corrected chi connectivity index (χ0v) is 15.4. The van der Waals surface area contributed by atoms with Crippen molar-refractivity contribution < 1.29 is 9.63 Å². The predicted octanol–water partition coefficient (Wildman–Crippen LogP) is 3.75. The van der Waals surface area contributed by atoms with Crippen molar-refractivity contribution in [1.82, 2.24) is 4.39 Å². The van der Waals surface area contributed by atoms with Crippen molar-refractivity contribution in [2.45, 2.75) is 52.6 Å².